The van der Waals surface area contributed by atoms with E-state index < -0.39 is 11.4 Å². The van der Waals surface area contributed by atoms with Gasteiger partial charge in [0.2, 0.25) is 5.95 Å². The van der Waals surface area contributed by atoms with Gasteiger partial charge in [-0.25, -0.2) is 14.2 Å². The van der Waals surface area contributed by atoms with Crippen molar-refractivity contribution in [2.75, 3.05) is 23.3 Å². The number of nitrogens with one attached hydrogen (secondary N) is 2. The molecule has 1 aromatic carbocycles. The van der Waals surface area contributed by atoms with Crippen molar-refractivity contribution in [3.63, 3.8) is 0 Å². The number of aromatic nitrogens is 2. The van der Waals surface area contributed by atoms with Crippen LogP contribution in [0, 0.1) is 5.82 Å². The van der Waals surface area contributed by atoms with E-state index in [4.69, 9.17) is 4.42 Å². The largest absolute Gasteiger partial charge is 0.423 e. The number of halogens is 1. The Morgan fingerprint density at radius 3 is 2.78 bits per heavy atom. The molecule has 140 valence electrons. The second-order valence-corrected chi connectivity index (χ2v) is 6.87. The Balaban J connectivity index is 1.62. The summed E-state index contributed by atoms with van der Waals surface area (Å²) in [5.41, 5.74) is 0.705. The normalized spacial score (nSPS) is 20.0. The van der Waals surface area contributed by atoms with Gasteiger partial charge in [-0.15, -0.1) is 0 Å². The molecule has 3 heterocycles. The molecule has 3 aromatic rings. The number of rotatable bonds is 3. The van der Waals surface area contributed by atoms with Crippen LogP contribution in [0.25, 0.3) is 11.0 Å². The molecule has 27 heavy (non-hydrogen) atoms. The molecule has 0 unspecified atom stereocenters. The Labute approximate surface area is 155 Å². The Kier molecular flexibility index (Phi) is 4.49. The fraction of sp³-hybridized carbons (Fsp3) is 0.316. The third-order valence-electron chi connectivity index (χ3n) is 4.45. The van der Waals surface area contributed by atoms with Crippen LogP contribution in [0.3, 0.4) is 0 Å². The van der Waals surface area contributed by atoms with E-state index in [9.17, 15) is 9.18 Å². The highest BCUT2D eigenvalue weighted by Crippen LogP contribution is 2.24. The average Bonchev–Trinajstić information content (AvgIpc) is 2.63. The van der Waals surface area contributed by atoms with Gasteiger partial charge in [0.1, 0.15) is 5.58 Å². The first-order chi connectivity index (χ1) is 13.0. The Morgan fingerprint density at radius 1 is 1.22 bits per heavy atom. The first-order valence-corrected chi connectivity index (χ1v) is 8.82. The smallest absolute Gasteiger partial charge is 0.336 e. The molecule has 0 spiro atoms. The van der Waals surface area contributed by atoms with Gasteiger partial charge in [0, 0.05) is 42.3 Å². The first kappa shape index (κ1) is 17.4. The number of fused-ring (bicyclic) bond motifs is 1. The lowest BCUT2D eigenvalue weighted by molar-refractivity contribution is 0.403. The molecule has 2 aromatic heterocycles. The van der Waals surface area contributed by atoms with Gasteiger partial charge in [0.05, 0.1) is 6.20 Å². The second-order valence-electron chi connectivity index (χ2n) is 6.87. The lowest BCUT2D eigenvalue weighted by Gasteiger charge is -2.36. The molecule has 1 fully saturated rings. The zero-order valence-corrected chi connectivity index (χ0v) is 15.1. The average molecular weight is 369 g/mol. The van der Waals surface area contributed by atoms with Crippen LogP contribution in [0.1, 0.15) is 13.8 Å². The van der Waals surface area contributed by atoms with Crippen LogP contribution in [0.5, 0.6) is 0 Å². The first-order valence-electron chi connectivity index (χ1n) is 8.82. The Morgan fingerprint density at radius 2 is 2.00 bits per heavy atom. The molecule has 1 aliphatic rings. The SMILES string of the molecule is C[C@@H]1CN(c2ncc(F)c(Nc3ccc4oc(=O)ccc4c3)n2)C[C@H](C)N1. The minimum absolute atomic E-state index is 0.107. The highest BCUT2D eigenvalue weighted by atomic mass is 19.1. The monoisotopic (exact) mass is 369 g/mol. The summed E-state index contributed by atoms with van der Waals surface area (Å²) in [6.45, 7) is 5.70. The van der Waals surface area contributed by atoms with Crippen molar-refractivity contribution in [3.8, 4) is 0 Å². The molecule has 0 bridgehead atoms. The summed E-state index contributed by atoms with van der Waals surface area (Å²) in [7, 11) is 0. The maximum Gasteiger partial charge on any atom is 0.336 e. The van der Waals surface area contributed by atoms with Crippen LogP contribution in [0.15, 0.2) is 45.7 Å². The number of anilines is 3. The van der Waals surface area contributed by atoms with Crippen molar-refractivity contribution in [1.82, 2.24) is 15.3 Å². The maximum absolute atomic E-state index is 14.3. The summed E-state index contributed by atoms with van der Waals surface area (Å²) in [5.74, 6) is 0.0659. The van der Waals surface area contributed by atoms with Crippen molar-refractivity contribution in [2.45, 2.75) is 25.9 Å². The van der Waals surface area contributed by atoms with Crippen LogP contribution in [0.4, 0.5) is 21.8 Å². The van der Waals surface area contributed by atoms with Crippen LogP contribution < -0.4 is 21.2 Å². The summed E-state index contributed by atoms with van der Waals surface area (Å²) in [4.78, 5) is 21.9. The van der Waals surface area contributed by atoms with Gasteiger partial charge in [-0.2, -0.15) is 4.98 Å². The van der Waals surface area contributed by atoms with E-state index in [0.29, 0.717) is 29.3 Å². The lowest BCUT2D eigenvalue weighted by atomic mass is 10.1. The minimum atomic E-state index is -0.533. The summed E-state index contributed by atoms with van der Waals surface area (Å²) in [6, 6.07) is 8.76. The summed E-state index contributed by atoms with van der Waals surface area (Å²) in [5, 5.41) is 7.18. The Bertz CT molecular complexity index is 1030. The highest BCUT2D eigenvalue weighted by molar-refractivity contribution is 5.81. The topological polar surface area (TPSA) is 83.3 Å². The molecular weight excluding hydrogens is 349 g/mol. The molecular formula is C19H20FN5O2. The number of hydrogen-bond donors (Lipinski definition) is 2. The molecule has 0 saturated carbocycles. The molecule has 0 aliphatic carbocycles. The lowest BCUT2D eigenvalue weighted by Crippen LogP contribution is -2.54. The number of piperazine rings is 1. The van der Waals surface area contributed by atoms with Gasteiger partial charge in [0.25, 0.3) is 0 Å². The predicted octanol–water partition coefficient (Wildman–Crippen LogP) is 2.65. The van der Waals surface area contributed by atoms with Crippen LogP contribution in [0.2, 0.25) is 0 Å². The fourth-order valence-corrected chi connectivity index (χ4v) is 3.37. The van der Waals surface area contributed by atoms with E-state index in [1.54, 1.807) is 24.3 Å². The van der Waals surface area contributed by atoms with Gasteiger partial charge in [-0.1, -0.05) is 0 Å². The number of benzene rings is 1. The van der Waals surface area contributed by atoms with E-state index in [-0.39, 0.29) is 5.82 Å². The third kappa shape index (κ3) is 3.75. The molecule has 1 aliphatic heterocycles. The van der Waals surface area contributed by atoms with Crippen molar-refractivity contribution in [3.05, 3.63) is 52.8 Å². The molecule has 8 heteroatoms. The molecule has 0 amide bonds. The standard InChI is InChI=1S/C19H20FN5O2/c1-11-9-25(10-12(2)22-11)19-21-8-15(20)18(24-19)23-14-4-5-16-13(7-14)3-6-17(26)27-16/h3-8,11-12,22H,9-10H2,1-2H3,(H,21,23,24)/t11-,12+. The van der Waals surface area contributed by atoms with Gasteiger partial charge in [-0.3, -0.25) is 0 Å². The quantitative estimate of drug-likeness (QED) is 0.687. The molecule has 1 saturated heterocycles. The molecule has 7 nitrogen and oxygen atoms in total. The van der Waals surface area contributed by atoms with Crippen LogP contribution in [-0.4, -0.2) is 35.1 Å². The summed E-state index contributed by atoms with van der Waals surface area (Å²) in [6.07, 6.45) is 1.18. The zero-order valence-electron chi connectivity index (χ0n) is 15.1. The molecule has 0 radical (unpaired) electrons. The van der Waals surface area contributed by atoms with E-state index in [1.807, 2.05) is 4.90 Å². The van der Waals surface area contributed by atoms with Crippen molar-refractivity contribution < 1.29 is 8.81 Å². The molecule has 2 N–H and O–H groups in total. The fourth-order valence-electron chi connectivity index (χ4n) is 3.37. The zero-order chi connectivity index (χ0) is 19.0. The number of nitrogens with zero attached hydrogens (tertiary/aromatic N) is 3. The summed E-state index contributed by atoms with van der Waals surface area (Å²) >= 11 is 0. The third-order valence-corrected chi connectivity index (χ3v) is 4.45. The van der Waals surface area contributed by atoms with E-state index in [2.05, 4.69) is 34.4 Å². The van der Waals surface area contributed by atoms with Gasteiger partial charge >= 0.3 is 5.63 Å². The van der Waals surface area contributed by atoms with Crippen molar-refractivity contribution in [1.29, 1.82) is 0 Å². The Hall–Kier alpha value is -3.00. The van der Waals surface area contributed by atoms with Crippen molar-refractivity contribution in [2.24, 2.45) is 0 Å². The summed E-state index contributed by atoms with van der Waals surface area (Å²) < 4.78 is 19.4. The van der Waals surface area contributed by atoms with Gasteiger partial charge in [-0.05, 0) is 38.1 Å². The number of hydrogen-bond acceptors (Lipinski definition) is 7. The highest BCUT2D eigenvalue weighted by Gasteiger charge is 2.23. The predicted molar refractivity (Wildman–Crippen MR) is 102 cm³/mol. The van der Waals surface area contributed by atoms with Crippen LogP contribution >= 0.6 is 0 Å². The molecule has 4 rings (SSSR count). The minimum Gasteiger partial charge on any atom is -0.423 e. The van der Waals surface area contributed by atoms with Gasteiger partial charge in [0.15, 0.2) is 11.6 Å². The van der Waals surface area contributed by atoms with E-state index in [1.165, 1.54) is 12.3 Å². The second kappa shape index (κ2) is 6.96. The van der Waals surface area contributed by atoms with Gasteiger partial charge < -0.3 is 20.0 Å². The van der Waals surface area contributed by atoms with Crippen LogP contribution in [-0.2, 0) is 0 Å². The maximum atomic E-state index is 14.3. The molecule has 2 atom stereocenters. The van der Waals surface area contributed by atoms with Crippen molar-refractivity contribution >= 4 is 28.4 Å². The van der Waals surface area contributed by atoms with E-state index >= 15 is 0 Å². The van der Waals surface area contributed by atoms with E-state index in [0.717, 1.165) is 18.5 Å².